The quantitative estimate of drug-likeness (QED) is 0.789. The van der Waals surface area contributed by atoms with Crippen molar-refractivity contribution in [1.29, 1.82) is 0 Å². The maximum absolute atomic E-state index is 4.64. The van der Waals surface area contributed by atoms with Gasteiger partial charge in [0.25, 0.3) is 0 Å². The van der Waals surface area contributed by atoms with E-state index >= 15 is 0 Å². The summed E-state index contributed by atoms with van der Waals surface area (Å²) in [4.78, 5) is 5.84. The van der Waals surface area contributed by atoms with Gasteiger partial charge in [0.1, 0.15) is 5.84 Å². The van der Waals surface area contributed by atoms with Crippen LogP contribution < -0.4 is 4.72 Å². The number of nitrogens with one attached hydrogen (secondary N) is 1. The van der Waals surface area contributed by atoms with Gasteiger partial charge in [0, 0.05) is 10.4 Å². The van der Waals surface area contributed by atoms with Crippen molar-refractivity contribution in [3.8, 4) is 0 Å². The largest absolute Gasteiger partial charge is 0.313 e. The highest BCUT2D eigenvalue weighted by molar-refractivity contribution is 9.10. The molecule has 3 rings (SSSR count). The molecule has 1 aliphatic carbocycles. The Morgan fingerprint density at radius 1 is 1.43 bits per heavy atom. The van der Waals surface area contributed by atoms with E-state index in [-0.39, 0.29) is 0 Å². The average molecular weight is 269 g/mol. The molecule has 1 aromatic carbocycles. The van der Waals surface area contributed by atoms with Gasteiger partial charge in [0.2, 0.25) is 0 Å². The van der Waals surface area contributed by atoms with Gasteiger partial charge in [0.05, 0.1) is 10.6 Å². The van der Waals surface area contributed by atoms with Gasteiger partial charge in [-0.15, -0.1) is 0 Å². The molecule has 14 heavy (non-hydrogen) atoms. The van der Waals surface area contributed by atoms with Gasteiger partial charge >= 0.3 is 0 Å². The summed E-state index contributed by atoms with van der Waals surface area (Å²) in [7, 11) is 0. The summed E-state index contributed by atoms with van der Waals surface area (Å²) in [6.07, 6.45) is 2.57. The molecule has 0 amide bonds. The molecule has 0 aromatic heterocycles. The average Bonchev–Trinajstić information content (AvgIpc) is 3.01. The van der Waals surface area contributed by atoms with Gasteiger partial charge in [-0.25, -0.2) is 4.99 Å². The molecule has 4 heteroatoms. The smallest absolute Gasteiger partial charge is 0.116 e. The van der Waals surface area contributed by atoms with Crippen LogP contribution in [0.25, 0.3) is 0 Å². The van der Waals surface area contributed by atoms with E-state index in [0.717, 1.165) is 16.0 Å². The highest BCUT2D eigenvalue weighted by Crippen LogP contribution is 2.41. The summed E-state index contributed by atoms with van der Waals surface area (Å²) in [5.41, 5.74) is 1.08. The standard InChI is InChI=1S/C10H9BrN2S/c11-7-2-1-3-8-9(7)12-10(13-14-8)6-4-5-6/h1-3,6H,4-5H2,(H,12,13). The van der Waals surface area contributed by atoms with Crippen LogP contribution in [-0.2, 0) is 0 Å². The van der Waals surface area contributed by atoms with E-state index in [9.17, 15) is 0 Å². The maximum Gasteiger partial charge on any atom is 0.116 e. The molecule has 1 aromatic rings. The lowest BCUT2D eigenvalue weighted by molar-refractivity contribution is 1.10. The molecule has 1 saturated carbocycles. The van der Waals surface area contributed by atoms with E-state index in [1.807, 2.05) is 12.1 Å². The first-order chi connectivity index (χ1) is 6.84. The summed E-state index contributed by atoms with van der Waals surface area (Å²) >= 11 is 5.20. The molecule has 1 N–H and O–H groups in total. The molecule has 2 nitrogen and oxygen atoms in total. The Morgan fingerprint density at radius 2 is 2.29 bits per heavy atom. The van der Waals surface area contributed by atoms with E-state index in [4.69, 9.17) is 0 Å². The van der Waals surface area contributed by atoms with E-state index in [2.05, 4.69) is 31.7 Å². The number of rotatable bonds is 1. The van der Waals surface area contributed by atoms with Crippen LogP contribution in [0.15, 0.2) is 32.6 Å². The molecule has 1 aliphatic heterocycles. The fraction of sp³-hybridized carbons (Fsp3) is 0.300. The van der Waals surface area contributed by atoms with E-state index in [0.29, 0.717) is 5.92 Å². The van der Waals surface area contributed by atoms with Crippen molar-refractivity contribution < 1.29 is 0 Å². The molecular weight excluding hydrogens is 260 g/mol. The Hall–Kier alpha value is -0.480. The van der Waals surface area contributed by atoms with Crippen molar-refractivity contribution in [2.75, 3.05) is 0 Å². The van der Waals surface area contributed by atoms with Crippen molar-refractivity contribution in [2.24, 2.45) is 10.9 Å². The van der Waals surface area contributed by atoms with Crippen molar-refractivity contribution >= 4 is 39.4 Å². The number of para-hydroxylation sites is 1. The first-order valence-electron chi connectivity index (χ1n) is 4.64. The lowest BCUT2D eigenvalue weighted by Gasteiger charge is -2.16. The fourth-order valence-electron chi connectivity index (χ4n) is 1.47. The molecule has 0 radical (unpaired) electrons. The van der Waals surface area contributed by atoms with Crippen molar-refractivity contribution in [1.82, 2.24) is 4.72 Å². The molecule has 1 fully saturated rings. The molecular formula is C10H9BrN2S. The van der Waals surface area contributed by atoms with Gasteiger partial charge in [0.15, 0.2) is 0 Å². The molecule has 0 atom stereocenters. The normalized spacial score (nSPS) is 19.6. The highest BCUT2D eigenvalue weighted by atomic mass is 79.9. The highest BCUT2D eigenvalue weighted by Gasteiger charge is 2.30. The zero-order valence-corrected chi connectivity index (χ0v) is 9.86. The van der Waals surface area contributed by atoms with Crippen LogP contribution in [0.5, 0.6) is 0 Å². The number of benzene rings is 1. The second-order valence-electron chi connectivity index (χ2n) is 3.56. The number of hydrogen-bond acceptors (Lipinski definition) is 3. The van der Waals surface area contributed by atoms with Crippen molar-refractivity contribution in [3.63, 3.8) is 0 Å². The van der Waals surface area contributed by atoms with Gasteiger partial charge in [-0.05, 0) is 52.9 Å². The molecule has 0 spiro atoms. The predicted octanol–water partition coefficient (Wildman–Crippen LogP) is 3.50. The SMILES string of the molecule is Brc1cccc2c1N=C(C1CC1)NS2. The molecule has 0 bridgehead atoms. The van der Waals surface area contributed by atoms with Gasteiger partial charge < -0.3 is 4.72 Å². The minimum atomic E-state index is 0.683. The number of aliphatic imine (C=N–C) groups is 1. The summed E-state index contributed by atoms with van der Waals surface area (Å²) in [6.45, 7) is 0. The Kier molecular flexibility index (Phi) is 2.06. The first kappa shape index (κ1) is 8.80. The second kappa shape index (κ2) is 3.28. The third-order valence-corrected chi connectivity index (χ3v) is 3.91. The van der Waals surface area contributed by atoms with Gasteiger partial charge in [-0.1, -0.05) is 6.07 Å². The Morgan fingerprint density at radius 3 is 3.07 bits per heavy atom. The number of hydrogen-bond donors (Lipinski definition) is 1. The van der Waals surface area contributed by atoms with Gasteiger partial charge in [-0.3, -0.25) is 0 Å². The summed E-state index contributed by atoms with van der Waals surface area (Å²) < 4.78 is 4.40. The topological polar surface area (TPSA) is 24.4 Å². The second-order valence-corrected chi connectivity index (χ2v) is 5.26. The predicted molar refractivity (Wildman–Crippen MR) is 63.0 cm³/mol. The maximum atomic E-state index is 4.64. The third-order valence-electron chi connectivity index (χ3n) is 2.41. The van der Waals surface area contributed by atoms with E-state index < -0.39 is 0 Å². The molecule has 1 heterocycles. The Labute approximate surface area is 95.5 Å². The zero-order valence-electron chi connectivity index (χ0n) is 7.46. The fourth-order valence-corrected chi connectivity index (χ4v) is 2.88. The zero-order chi connectivity index (χ0) is 9.54. The molecule has 0 unspecified atom stereocenters. The lowest BCUT2D eigenvalue weighted by atomic mass is 10.3. The summed E-state index contributed by atoms with van der Waals surface area (Å²) in [5.74, 6) is 1.83. The number of amidine groups is 1. The first-order valence-corrected chi connectivity index (χ1v) is 6.25. The number of fused-ring (bicyclic) bond motifs is 1. The van der Waals surface area contributed by atoms with Crippen LogP contribution in [0.3, 0.4) is 0 Å². The summed E-state index contributed by atoms with van der Waals surface area (Å²) in [6, 6.07) is 6.17. The van der Waals surface area contributed by atoms with Crippen LogP contribution in [0.1, 0.15) is 12.8 Å². The van der Waals surface area contributed by atoms with Crippen LogP contribution in [-0.4, -0.2) is 5.84 Å². The Bertz CT molecular complexity index is 413. The van der Waals surface area contributed by atoms with Gasteiger partial charge in [-0.2, -0.15) is 0 Å². The molecule has 2 aliphatic rings. The van der Waals surface area contributed by atoms with Crippen LogP contribution in [0, 0.1) is 5.92 Å². The van der Waals surface area contributed by atoms with E-state index in [1.165, 1.54) is 17.7 Å². The van der Waals surface area contributed by atoms with Crippen LogP contribution >= 0.6 is 27.9 Å². The monoisotopic (exact) mass is 268 g/mol. The third kappa shape index (κ3) is 1.46. The minimum absolute atomic E-state index is 0.683. The van der Waals surface area contributed by atoms with Crippen molar-refractivity contribution in [2.45, 2.75) is 17.7 Å². The minimum Gasteiger partial charge on any atom is -0.313 e. The Balaban J connectivity index is 2.07. The number of nitrogens with zero attached hydrogens (tertiary/aromatic N) is 1. The van der Waals surface area contributed by atoms with Crippen LogP contribution in [0.4, 0.5) is 5.69 Å². The lowest BCUT2D eigenvalue weighted by Crippen LogP contribution is -2.20. The van der Waals surface area contributed by atoms with E-state index in [1.54, 1.807) is 11.9 Å². The molecule has 72 valence electrons. The number of halogens is 1. The molecule has 0 saturated heterocycles. The van der Waals surface area contributed by atoms with Crippen LogP contribution in [0.2, 0.25) is 0 Å². The van der Waals surface area contributed by atoms with Crippen molar-refractivity contribution in [3.05, 3.63) is 22.7 Å². The summed E-state index contributed by atoms with van der Waals surface area (Å²) in [5, 5.41) is 0.